The molecule has 3 nitrogen and oxygen atoms in total. The first-order valence-corrected chi connectivity index (χ1v) is 8.42. The molecule has 0 aromatic heterocycles. The fraction of sp³-hybridized carbons (Fsp3) is 0.625. The molecule has 0 aliphatic carbocycles. The highest BCUT2D eigenvalue weighted by molar-refractivity contribution is 9.10. The maximum Gasteiger partial charge on any atom is 0.0518 e. The Kier molecular flexibility index (Phi) is 3.95. The number of nitrogen functional groups attached to an aromatic ring is 1. The van der Waals surface area contributed by atoms with Crippen LogP contribution in [0.3, 0.4) is 0 Å². The first kappa shape index (κ1) is 14.2. The maximum atomic E-state index is 6.00. The van der Waals surface area contributed by atoms with Crippen LogP contribution in [-0.4, -0.2) is 36.6 Å². The average Bonchev–Trinajstić information content (AvgIpc) is 2.42. The van der Waals surface area contributed by atoms with Crippen LogP contribution in [0.15, 0.2) is 16.6 Å². The smallest absolute Gasteiger partial charge is 0.0518 e. The van der Waals surface area contributed by atoms with Crippen molar-refractivity contribution in [3.05, 3.63) is 22.2 Å². The van der Waals surface area contributed by atoms with Crippen molar-refractivity contribution in [1.82, 2.24) is 4.90 Å². The van der Waals surface area contributed by atoms with E-state index in [2.05, 4.69) is 45.6 Å². The van der Waals surface area contributed by atoms with Gasteiger partial charge >= 0.3 is 0 Å². The molecule has 3 rings (SSSR count). The largest absolute Gasteiger partial charge is 0.398 e. The number of fused-ring (bicyclic) bond motifs is 1. The predicted molar refractivity (Wildman–Crippen MR) is 89.3 cm³/mol. The summed E-state index contributed by atoms with van der Waals surface area (Å²) in [6.07, 6.45) is 4.09. The lowest BCUT2D eigenvalue weighted by molar-refractivity contribution is 0.115. The number of anilines is 2. The van der Waals surface area contributed by atoms with E-state index < -0.39 is 0 Å². The zero-order valence-corrected chi connectivity index (χ0v) is 14.0. The van der Waals surface area contributed by atoms with E-state index in [0.717, 1.165) is 22.7 Å². The molecule has 0 bridgehead atoms. The molecule has 2 aliphatic rings. The third-order valence-corrected chi connectivity index (χ3v) is 5.47. The average molecular weight is 338 g/mol. The first-order chi connectivity index (χ1) is 9.56. The van der Waals surface area contributed by atoms with Gasteiger partial charge in [-0.25, -0.2) is 0 Å². The molecule has 0 amide bonds. The van der Waals surface area contributed by atoms with Crippen LogP contribution in [0.4, 0.5) is 11.4 Å². The lowest BCUT2D eigenvalue weighted by Crippen LogP contribution is -2.59. The number of rotatable bonds is 1. The summed E-state index contributed by atoms with van der Waals surface area (Å²) >= 11 is 3.70. The molecule has 0 saturated carbocycles. The molecule has 2 saturated heterocycles. The molecule has 2 atom stereocenters. The fourth-order valence-electron chi connectivity index (χ4n) is 3.59. The molecule has 110 valence electrons. The minimum absolute atomic E-state index is 0.559. The molecule has 1 aromatic rings. The van der Waals surface area contributed by atoms with Crippen LogP contribution < -0.4 is 10.6 Å². The van der Waals surface area contributed by atoms with Gasteiger partial charge in [0.15, 0.2) is 0 Å². The number of halogens is 1. The Balaban J connectivity index is 1.88. The monoisotopic (exact) mass is 337 g/mol. The number of piperidine rings is 1. The minimum Gasteiger partial charge on any atom is -0.398 e. The van der Waals surface area contributed by atoms with Crippen LogP contribution in [0, 0.1) is 6.92 Å². The second kappa shape index (κ2) is 5.57. The van der Waals surface area contributed by atoms with Crippen molar-refractivity contribution >= 4 is 27.3 Å². The molecule has 2 N–H and O–H groups in total. The van der Waals surface area contributed by atoms with Gasteiger partial charge in [-0.1, -0.05) is 6.42 Å². The third-order valence-electron chi connectivity index (χ3n) is 4.83. The molecular formula is C16H24BrN3. The van der Waals surface area contributed by atoms with E-state index in [1.54, 1.807) is 0 Å². The second-order valence-electron chi connectivity index (χ2n) is 6.31. The molecular weight excluding hydrogens is 314 g/mol. The van der Waals surface area contributed by atoms with E-state index in [1.165, 1.54) is 43.6 Å². The Morgan fingerprint density at radius 1 is 1.25 bits per heavy atom. The van der Waals surface area contributed by atoms with Crippen LogP contribution in [0.25, 0.3) is 0 Å². The van der Waals surface area contributed by atoms with Crippen molar-refractivity contribution in [2.24, 2.45) is 0 Å². The van der Waals surface area contributed by atoms with Gasteiger partial charge in [0.05, 0.1) is 5.69 Å². The molecule has 4 heteroatoms. The minimum atomic E-state index is 0.559. The fourth-order valence-corrected chi connectivity index (χ4v) is 4.18. The number of aryl methyl sites for hydroxylation is 1. The highest BCUT2D eigenvalue weighted by atomic mass is 79.9. The van der Waals surface area contributed by atoms with E-state index in [9.17, 15) is 0 Å². The van der Waals surface area contributed by atoms with Gasteiger partial charge in [-0.3, -0.25) is 4.90 Å². The van der Waals surface area contributed by atoms with E-state index in [0.29, 0.717) is 6.04 Å². The number of benzene rings is 1. The van der Waals surface area contributed by atoms with Gasteiger partial charge in [-0.2, -0.15) is 0 Å². The van der Waals surface area contributed by atoms with E-state index in [-0.39, 0.29) is 0 Å². The molecule has 2 aliphatic heterocycles. The van der Waals surface area contributed by atoms with Crippen LogP contribution in [-0.2, 0) is 0 Å². The highest BCUT2D eigenvalue weighted by Gasteiger charge is 2.33. The molecule has 1 aromatic carbocycles. The van der Waals surface area contributed by atoms with Crippen LogP contribution >= 0.6 is 15.9 Å². The Hall–Kier alpha value is -0.740. The summed E-state index contributed by atoms with van der Waals surface area (Å²) < 4.78 is 1.12. The number of nitrogens with two attached hydrogens (primary N) is 1. The number of nitrogens with zero attached hydrogens (tertiary/aromatic N) is 2. The predicted octanol–water partition coefficient (Wildman–Crippen LogP) is 3.40. The Morgan fingerprint density at radius 3 is 2.85 bits per heavy atom. The van der Waals surface area contributed by atoms with E-state index in [1.807, 2.05) is 6.07 Å². The molecule has 20 heavy (non-hydrogen) atoms. The highest BCUT2D eigenvalue weighted by Crippen LogP contribution is 2.35. The zero-order valence-electron chi connectivity index (χ0n) is 12.4. The molecule has 2 fully saturated rings. The summed E-state index contributed by atoms with van der Waals surface area (Å²) in [6, 6.07) is 5.56. The van der Waals surface area contributed by atoms with Crippen molar-refractivity contribution in [2.45, 2.75) is 45.2 Å². The lowest BCUT2D eigenvalue weighted by Gasteiger charge is -2.48. The number of hydrogen-bond acceptors (Lipinski definition) is 3. The van der Waals surface area contributed by atoms with E-state index in [4.69, 9.17) is 5.73 Å². The van der Waals surface area contributed by atoms with Crippen molar-refractivity contribution in [3.8, 4) is 0 Å². The summed E-state index contributed by atoms with van der Waals surface area (Å²) in [5, 5.41) is 0. The third kappa shape index (κ3) is 2.56. The summed E-state index contributed by atoms with van der Waals surface area (Å²) in [6.45, 7) is 8.03. The van der Waals surface area contributed by atoms with Gasteiger partial charge in [-0.05, 0) is 66.9 Å². The standard InChI is InChI=1S/C16H24BrN3/c1-11-7-16(14(17)8-15(11)18)20-10-13-5-3-4-6-19(13)9-12(20)2/h7-8,12-13H,3-6,9-10,18H2,1-2H3. The molecule has 2 heterocycles. The van der Waals surface area contributed by atoms with E-state index >= 15 is 0 Å². The summed E-state index contributed by atoms with van der Waals surface area (Å²) in [7, 11) is 0. The molecule has 0 radical (unpaired) electrons. The number of piperazine rings is 1. The Labute approximate surface area is 130 Å². The normalized spacial score (nSPS) is 27.4. The Morgan fingerprint density at radius 2 is 2.05 bits per heavy atom. The van der Waals surface area contributed by atoms with Crippen molar-refractivity contribution in [3.63, 3.8) is 0 Å². The first-order valence-electron chi connectivity index (χ1n) is 7.62. The van der Waals surface area contributed by atoms with Crippen LogP contribution in [0.5, 0.6) is 0 Å². The van der Waals surface area contributed by atoms with Gasteiger partial charge in [0.25, 0.3) is 0 Å². The molecule has 2 unspecified atom stereocenters. The van der Waals surface area contributed by atoms with Gasteiger partial charge < -0.3 is 10.6 Å². The Bertz CT molecular complexity index is 503. The van der Waals surface area contributed by atoms with Crippen molar-refractivity contribution < 1.29 is 0 Å². The van der Waals surface area contributed by atoms with Crippen molar-refractivity contribution in [2.75, 3.05) is 30.3 Å². The van der Waals surface area contributed by atoms with Crippen LogP contribution in [0.2, 0.25) is 0 Å². The topological polar surface area (TPSA) is 32.5 Å². The van der Waals surface area contributed by atoms with Gasteiger partial charge in [0.2, 0.25) is 0 Å². The quantitative estimate of drug-likeness (QED) is 0.797. The maximum absolute atomic E-state index is 6.00. The van der Waals surface area contributed by atoms with Crippen molar-refractivity contribution in [1.29, 1.82) is 0 Å². The van der Waals surface area contributed by atoms with Crippen LogP contribution in [0.1, 0.15) is 31.7 Å². The van der Waals surface area contributed by atoms with Gasteiger partial charge in [-0.15, -0.1) is 0 Å². The summed E-state index contributed by atoms with van der Waals surface area (Å²) in [5.74, 6) is 0. The van der Waals surface area contributed by atoms with Gasteiger partial charge in [0, 0.05) is 35.3 Å². The molecule has 0 spiro atoms. The zero-order chi connectivity index (χ0) is 14.3. The summed E-state index contributed by atoms with van der Waals surface area (Å²) in [4.78, 5) is 5.24. The lowest BCUT2D eigenvalue weighted by atomic mass is 9.96. The second-order valence-corrected chi connectivity index (χ2v) is 7.16. The van der Waals surface area contributed by atoms with Gasteiger partial charge in [0.1, 0.15) is 0 Å². The SMILES string of the molecule is Cc1cc(N2CC3CCCCN3CC2C)c(Br)cc1N. The number of hydrogen-bond donors (Lipinski definition) is 1. The summed E-state index contributed by atoms with van der Waals surface area (Å²) in [5.41, 5.74) is 9.34.